The van der Waals surface area contributed by atoms with Gasteiger partial charge in [-0.25, -0.2) is 0 Å². The molecule has 0 aromatic carbocycles. The zero-order chi connectivity index (χ0) is 9.42. The van der Waals surface area contributed by atoms with Crippen LogP contribution in [0.5, 0.6) is 0 Å². The van der Waals surface area contributed by atoms with Gasteiger partial charge in [0.05, 0.1) is 11.8 Å². The molecule has 0 atom stereocenters. The van der Waals surface area contributed by atoms with E-state index in [1.807, 2.05) is 22.6 Å². The smallest absolute Gasteiger partial charge is 0.204 e. The highest BCUT2D eigenvalue weighted by atomic mass is 127. The molecule has 2 heterocycles. The molecule has 2 aromatic rings. The van der Waals surface area contributed by atoms with Gasteiger partial charge in [-0.05, 0) is 40.3 Å². The standard InChI is InChI=1S/C7H4ClIN2O2/c8-6-3(1-2-12-6)5-4(9)7(10)11-13-5/h1-2H,(H2,10,11). The third-order valence-electron chi connectivity index (χ3n) is 1.52. The summed E-state index contributed by atoms with van der Waals surface area (Å²) in [7, 11) is 0. The highest BCUT2D eigenvalue weighted by Gasteiger charge is 2.17. The van der Waals surface area contributed by atoms with Crippen molar-refractivity contribution in [3.05, 3.63) is 21.1 Å². The van der Waals surface area contributed by atoms with E-state index in [-0.39, 0.29) is 5.22 Å². The van der Waals surface area contributed by atoms with Crippen molar-refractivity contribution in [1.82, 2.24) is 5.16 Å². The largest absolute Gasteiger partial charge is 0.452 e. The summed E-state index contributed by atoms with van der Waals surface area (Å²) in [6.07, 6.45) is 1.48. The molecule has 0 aliphatic carbocycles. The van der Waals surface area contributed by atoms with Crippen molar-refractivity contribution in [2.75, 3.05) is 5.73 Å². The zero-order valence-electron chi connectivity index (χ0n) is 6.25. The number of nitrogen functional groups attached to an aromatic ring is 1. The number of hydrogen-bond donors (Lipinski definition) is 1. The first-order valence-corrected chi connectivity index (χ1v) is 4.80. The molecule has 0 saturated carbocycles. The van der Waals surface area contributed by atoms with E-state index in [0.717, 1.165) is 3.57 Å². The Labute approximate surface area is 92.2 Å². The average Bonchev–Trinajstić information content (AvgIpc) is 2.62. The molecule has 0 saturated heterocycles. The number of nitrogens with two attached hydrogens (primary N) is 1. The lowest BCUT2D eigenvalue weighted by Crippen LogP contribution is -1.85. The van der Waals surface area contributed by atoms with Crippen LogP contribution >= 0.6 is 34.2 Å². The summed E-state index contributed by atoms with van der Waals surface area (Å²) in [6, 6.07) is 1.70. The SMILES string of the molecule is Nc1noc(-c2ccoc2Cl)c1I. The zero-order valence-corrected chi connectivity index (χ0v) is 9.17. The minimum atomic E-state index is 0.272. The van der Waals surface area contributed by atoms with E-state index in [2.05, 4.69) is 5.16 Å². The monoisotopic (exact) mass is 310 g/mol. The van der Waals surface area contributed by atoms with Crippen LogP contribution < -0.4 is 5.73 Å². The lowest BCUT2D eigenvalue weighted by Gasteiger charge is -1.90. The number of aromatic nitrogens is 1. The van der Waals surface area contributed by atoms with Gasteiger partial charge in [0.25, 0.3) is 0 Å². The molecule has 0 amide bonds. The number of halogens is 2. The van der Waals surface area contributed by atoms with E-state index < -0.39 is 0 Å². The molecular weight excluding hydrogens is 306 g/mol. The maximum atomic E-state index is 5.76. The molecule has 0 bridgehead atoms. The average molecular weight is 310 g/mol. The van der Waals surface area contributed by atoms with Crippen LogP contribution in [0.25, 0.3) is 11.3 Å². The third-order valence-corrected chi connectivity index (χ3v) is 2.86. The van der Waals surface area contributed by atoms with Gasteiger partial charge in [0.15, 0.2) is 11.6 Å². The Morgan fingerprint density at radius 1 is 1.54 bits per heavy atom. The van der Waals surface area contributed by atoms with Crippen molar-refractivity contribution < 1.29 is 8.94 Å². The second-order valence-corrected chi connectivity index (χ2v) is 3.74. The van der Waals surface area contributed by atoms with Crippen molar-refractivity contribution in [3.63, 3.8) is 0 Å². The molecule has 0 radical (unpaired) electrons. The van der Waals surface area contributed by atoms with E-state index in [4.69, 9.17) is 26.3 Å². The van der Waals surface area contributed by atoms with Crippen molar-refractivity contribution >= 4 is 40.0 Å². The summed E-state index contributed by atoms with van der Waals surface area (Å²) in [5.74, 6) is 0.893. The van der Waals surface area contributed by atoms with E-state index >= 15 is 0 Å². The molecule has 0 aliphatic rings. The summed E-state index contributed by atoms with van der Waals surface area (Å²) in [5.41, 5.74) is 6.17. The Hall–Kier alpha value is -0.690. The highest BCUT2D eigenvalue weighted by Crippen LogP contribution is 2.34. The Kier molecular flexibility index (Phi) is 2.20. The van der Waals surface area contributed by atoms with Crippen LogP contribution in [0.15, 0.2) is 21.3 Å². The van der Waals surface area contributed by atoms with E-state index in [0.29, 0.717) is 17.1 Å². The summed E-state index contributed by atoms with van der Waals surface area (Å²) in [4.78, 5) is 0. The summed E-state index contributed by atoms with van der Waals surface area (Å²) < 4.78 is 10.6. The third kappa shape index (κ3) is 1.42. The molecule has 2 N–H and O–H groups in total. The molecule has 2 aromatic heterocycles. The van der Waals surface area contributed by atoms with Gasteiger partial charge in [-0.1, -0.05) is 5.16 Å². The highest BCUT2D eigenvalue weighted by molar-refractivity contribution is 14.1. The lowest BCUT2D eigenvalue weighted by molar-refractivity contribution is 0.434. The summed E-state index contributed by atoms with van der Waals surface area (Å²) in [6.45, 7) is 0. The lowest BCUT2D eigenvalue weighted by atomic mass is 10.3. The van der Waals surface area contributed by atoms with Crippen molar-refractivity contribution in [2.24, 2.45) is 0 Å². The van der Waals surface area contributed by atoms with Crippen molar-refractivity contribution in [1.29, 1.82) is 0 Å². The maximum Gasteiger partial charge on any atom is 0.204 e. The molecule has 13 heavy (non-hydrogen) atoms. The minimum Gasteiger partial charge on any atom is -0.452 e. The molecule has 0 aliphatic heterocycles. The van der Waals surface area contributed by atoms with Gasteiger partial charge in [-0.15, -0.1) is 0 Å². The van der Waals surface area contributed by atoms with Gasteiger partial charge in [0.2, 0.25) is 5.22 Å². The fraction of sp³-hybridized carbons (Fsp3) is 0. The predicted octanol–water partition coefficient (Wildman–Crippen LogP) is 2.77. The van der Waals surface area contributed by atoms with Crippen molar-refractivity contribution in [3.8, 4) is 11.3 Å². The maximum absolute atomic E-state index is 5.76. The van der Waals surface area contributed by atoms with E-state index in [1.54, 1.807) is 6.07 Å². The first-order valence-electron chi connectivity index (χ1n) is 3.34. The molecule has 0 unspecified atom stereocenters. The van der Waals surface area contributed by atoms with Crippen LogP contribution in [0.4, 0.5) is 5.82 Å². The van der Waals surface area contributed by atoms with Crippen LogP contribution in [0.2, 0.25) is 5.22 Å². The topological polar surface area (TPSA) is 65.2 Å². The first kappa shape index (κ1) is 8.89. The Morgan fingerprint density at radius 3 is 2.77 bits per heavy atom. The second-order valence-electron chi connectivity index (χ2n) is 2.32. The first-order chi connectivity index (χ1) is 6.20. The van der Waals surface area contributed by atoms with Gasteiger partial charge in [0.1, 0.15) is 3.57 Å². The number of hydrogen-bond acceptors (Lipinski definition) is 4. The second kappa shape index (κ2) is 3.22. The minimum absolute atomic E-state index is 0.272. The van der Waals surface area contributed by atoms with Crippen LogP contribution in [-0.4, -0.2) is 5.16 Å². The summed E-state index contributed by atoms with van der Waals surface area (Å²) in [5, 5.41) is 3.88. The van der Waals surface area contributed by atoms with Gasteiger partial charge in [-0.2, -0.15) is 0 Å². The summed E-state index contributed by atoms with van der Waals surface area (Å²) >= 11 is 7.79. The number of nitrogens with zero attached hydrogens (tertiary/aromatic N) is 1. The molecule has 0 fully saturated rings. The van der Waals surface area contributed by atoms with Crippen LogP contribution in [0.1, 0.15) is 0 Å². The van der Waals surface area contributed by atoms with Gasteiger partial charge in [0, 0.05) is 0 Å². The Bertz CT molecular complexity index is 437. The van der Waals surface area contributed by atoms with Gasteiger partial charge < -0.3 is 14.7 Å². The fourth-order valence-corrected chi connectivity index (χ4v) is 1.60. The van der Waals surface area contributed by atoms with Crippen molar-refractivity contribution in [2.45, 2.75) is 0 Å². The van der Waals surface area contributed by atoms with Crippen LogP contribution in [0, 0.1) is 3.57 Å². The molecule has 6 heteroatoms. The normalized spacial score (nSPS) is 10.6. The van der Waals surface area contributed by atoms with E-state index in [9.17, 15) is 0 Å². The van der Waals surface area contributed by atoms with Crippen LogP contribution in [0.3, 0.4) is 0 Å². The quantitative estimate of drug-likeness (QED) is 0.823. The molecule has 4 nitrogen and oxygen atoms in total. The number of furan rings is 1. The van der Waals surface area contributed by atoms with Gasteiger partial charge >= 0.3 is 0 Å². The molecule has 0 spiro atoms. The molecule has 68 valence electrons. The number of rotatable bonds is 1. The van der Waals surface area contributed by atoms with Gasteiger partial charge in [-0.3, -0.25) is 0 Å². The van der Waals surface area contributed by atoms with Crippen LogP contribution in [-0.2, 0) is 0 Å². The predicted molar refractivity (Wildman–Crippen MR) is 56.3 cm³/mol. The molecule has 2 rings (SSSR count). The van der Waals surface area contributed by atoms with E-state index in [1.165, 1.54) is 6.26 Å². The Morgan fingerprint density at radius 2 is 2.31 bits per heavy atom. The molecular formula is C7H4ClIN2O2. The fourth-order valence-electron chi connectivity index (χ4n) is 0.914. The number of anilines is 1. The Balaban J connectivity index is 2.59.